The van der Waals surface area contributed by atoms with E-state index >= 15 is 0 Å². The first-order valence-corrected chi connectivity index (χ1v) is 6.69. The summed E-state index contributed by atoms with van der Waals surface area (Å²) in [4.78, 5) is 25.4. The maximum atomic E-state index is 12.5. The minimum atomic E-state index is -0.409. The number of nitrogens with two attached hydrogens (primary N) is 1. The molecule has 19 heavy (non-hydrogen) atoms. The summed E-state index contributed by atoms with van der Waals surface area (Å²) in [6, 6.07) is -0.0550. The average molecular weight is 272 g/mol. The molecule has 112 valence electrons. The summed E-state index contributed by atoms with van der Waals surface area (Å²) < 4.78 is 4.63. The maximum Gasteiger partial charge on any atom is 0.325 e. The van der Waals surface area contributed by atoms with Crippen molar-refractivity contribution in [1.82, 2.24) is 4.90 Å². The van der Waals surface area contributed by atoms with Gasteiger partial charge in [0.2, 0.25) is 5.91 Å². The van der Waals surface area contributed by atoms with Crippen LogP contribution in [0.15, 0.2) is 0 Å². The van der Waals surface area contributed by atoms with Gasteiger partial charge in [0.05, 0.1) is 13.0 Å². The van der Waals surface area contributed by atoms with Crippen molar-refractivity contribution in [3.8, 4) is 0 Å². The van der Waals surface area contributed by atoms with E-state index < -0.39 is 5.97 Å². The SMILES string of the molecule is COC(=O)CN(C(=O)C(CN)CC(C)(C)C)C(C)C. The van der Waals surface area contributed by atoms with Gasteiger partial charge < -0.3 is 15.4 Å². The van der Waals surface area contributed by atoms with Gasteiger partial charge in [-0.2, -0.15) is 0 Å². The van der Waals surface area contributed by atoms with E-state index in [-0.39, 0.29) is 29.8 Å². The Morgan fingerprint density at radius 3 is 2.11 bits per heavy atom. The lowest BCUT2D eigenvalue weighted by molar-refractivity contribution is -0.150. The predicted octanol–water partition coefficient (Wildman–Crippen LogP) is 1.41. The van der Waals surface area contributed by atoms with Gasteiger partial charge in [0.1, 0.15) is 6.54 Å². The highest BCUT2D eigenvalue weighted by Gasteiger charge is 2.30. The summed E-state index contributed by atoms with van der Waals surface area (Å²) in [7, 11) is 1.32. The van der Waals surface area contributed by atoms with Crippen LogP contribution < -0.4 is 5.73 Å². The Balaban J connectivity index is 4.90. The first kappa shape index (κ1) is 17.9. The second-order valence-electron chi connectivity index (χ2n) is 6.33. The fourth-order valence-corrected chi connectivity index (χ4v) is 1.96. The van der Waals surface area contributed by atoms with Gasteiger partial charge in [-0.1, -0.05) is 20.8 Å². The van der Waals surface area contributed by atoms with Crippen molar-refractivity contribution < 1.29 is 14.3 Å². The number of esters is 1. The quantitative estimate of drug-likeness (QED) is 0.742. The van der Waals surface area contributed by atoms with E-state index in [1.165, 1.54) is 12.0 Å². The zero-order valence-corrected chi connectivity index (χ0v) is 13.0. The first-order valence-electron chi connectivity index (χ1n) is 6.69. The lowest BCUT2D eigenvalue weighted by Gasteiger charge is -2.32. The van der Waals surface area contributed by atoms with Gasteiger partial charge in [0, 0.05) is 12.6 Å². The summed E-state index contributed by atoms with van der Waals surface area (Å²) in [5, 5.41) is 0. The minimum Gasteiger partial charge on any atom is -0.468 e. The Morgan fingerprint density at radius 1 is 1.26 bits per heavy atom. The molecule has 0 saturated carbocycles. The molecule has 0 aliphatic carbocycles. The summed E-state index contributed by atoms with van der Waals surface area (Å²) in [6.45, 7) is 10.3. The second-order valence-corrected chi connectivity index (χ2v) is 6.33. The van der Waals surface area contributed by atoms with Gasteiger partial charge in [-0.15, -0.1) is 0 Å². The highest BCUT2D eigenvalue weighted by Crippen LogP contribution is 2.25. The number of amides is 1. The van der Waals surface area contributed by atoms with Crippen molar-refractivity contribution in [2.24, 2.45) is 17.1 Å². The van der Waals surface area contributed by atoms with Crippen molar-refractivity contribution in [2.45, 2.75) is 47.1 Å². The monoisotopic (exact) mass is 272 g/mol. The topological polar surface area (TPSA) is 72.6 Å². The number of nitrogens with zero attached hydrogens (tertiary/aromatic N) is 1. The predicted molar refractivity (Wildman–Crippen MR) is 75.5 cm³/mol. The van der Waals surface area contributed by atoms with Crippen LogP contribution in [0.2, 0.25) is 0 Å². The van der Waals surface area contributed by atoms with E-state index in [4.69, 9.17) is 5.73 Å². The van der Waals surface area contributed by atoms with Crippen LogP contribution in [0.1, 0.15) is 41.0 Å². The molecule has 5 nitrogen and oxygen atoms in total. The number of rotatable bonds is 6. The average Bonchev–Trinajstić information content (AvgIpc) is 2.30. The maximum absolute atomic E-state index is 12.5. The van der Waals surface area contributed by atoms with Crippen LogP contribution in [0, 0.1) is 11.3 Å². The molecule has 0 aliphatic heterocycles. The van der Waals surface area contributed by atoms with Crippen LogP contribution in [0.25, 0.3) is 0 Å². The molecule has 0 heterocycles. The first-order chi connectivity index (χ1) is 8.62. The highest BCUT2D eigenvalue weighted by atomic mass is 16.5. The van der Waals surface area contributed by atoms with Crippen LogP contribution in [-0.4, -0.2) is 43.0 Å². The number of hydrogen-bond donors (Lipinski definition) is 1. The molecule has 0 aromatic carbocycles. The third-order valence-electron chi connectivity index (χ3n) is 2.93. The normalized spacial score (nSPS) is 13.3. The van der Waals surface area contributed by atoms with E-state index in [1.54, 1.807) is 0 Å². The molecule has 0 saturated heterocycles. The van der Waals surface area contributed by atoms with Crippen LogP contribution in [-0.2, 0) is 14.3 Å². The molecule has 0 fully saturated rings. The molecule has 1 atom stereocenters. The van der Waals surface area contributed by atoms with Crippen molar-refractivity contribution in [2.75, 3.05) is 20.2 Å². The third-order valence-corrected chi connectivity index (χ3v) is 2.93. The fourth-order valence-electron chi connectivity index (χ4n) is 1.96. The lowest BCUT2D eigenvalue weighted by Crippen LogP contribution is -2.46. The van der Waals surface area contributed by atoms with E-state index in [2.05, 4.69) is 25.5 Å². The number of hydrogen-bond acceptors (Lipinski definition) is 4. The van der Waals surface area contributed by atoms with Gasteiger partial charge in [-0.25, -0.2) is 0 Å². The van der Waals surface area contributed by atoms with Crippen molar-refractivity contribution >= 4 is 11.9 Å². The number of carbonyl (C=O) groups excluding carboxylic acids is 2. The van der Waals surface area contributed by atoms with Crippen LogP contribution >= 0.6 is 0 Å². The molecule has 2 N–H and O–H groups in total. The highest BCUT2D eigenvalue weighted by molar-refractivity contribution is 5.84. The Hall–Kier alpha value is -1.10. The van der Waals surface area contributed by atoms with Crippen LogP contribution in [0.3, 0.4) is 0 Å². The molecule has 5 heteroatoms. The molecular formula is C14H28N2O3. The Morgan fingerprint density at radius 2 is 1.79 bits per heavy atom. The van der Waals surface area contributed by atoms with Crippen molar-refractivity contribution in [3.63, 3.8) is 0 Å². The zero-order chi connectivity index (χ0) is 15.2. The fraction of sp³-hybridized carbons (Fsp3) is 0.857. The molecule has 0 spiro atoms. The van der Waals surface area contributed by atoms with Crippen LogP contribution in [0.5, 0.6) is 0 Å². The van der Waals surface area contributed by atoms with E-state index in [0.717, 1.165) is 0 Å². The van der Waals surface area contributed by atoms with Gasteiger partial charge in [0.25, 0.3) is 0 Å². The largest absolute Gasteiger partial charge is 0.468 e. The number of methoxy groups -OCH3 is 1. The molecule has 0 aliphatic rings. The molecule has 1 unspecified atom stereocenters. The smallest absolute Gasteiger partial charge is 0.325 e. The molecule has 0 bridgehead atoms. The Bertz CT molecular complexity index is 308. The standard InChI is InChI=1S/C14H28N2O3/c1-10(2)16(9-12(17)19-6)13(18)11(8-15)7-14(3,4)5/h10-11H,7-9,15H2,1-6H3. The van der Waals surface area contributed by atoms with Gasteiger partial charge >= 0.3 is 5.97 Å². The Labute approximate surface area is 116 Å². The number of ether oxygens (including phenoxy) is 1. The van der Waals surface area contributed by atoms with Gasteiger partial charge in [-0.05, 0) is 25.7 Å². The van der Waals surface area contributed by atoms with E-state index in [9.17, 15) is 9.59 Å². The zero-order valence-electron chi connectivity index (χ0n) is 13.0. The van der Waals surface area contributed by atoms with E-state index in [1.807, 2.05) is 13.8 Å². The molecule has 0 aromatic heterocycles. The third kappa shape index (κ3) is 6.57. The second kappa shape index (κ2) is 7.48. The van der Waals surface area contributed by atoms with Crippen LogP contribution in [0.4, 0.5) is 0 Å². The van der Waals surface area contributed by atoms with Gasteiger partial charge in [-0.3, -0.25) is 9.59 Å². The molecule has 1 amide bonds. The molecule has 0 aromatic rings. The Kier molecular flexibility index (Phi) is 7.05. The molecule has 0 rings (SSSR count). The van der Waals surface area contributed by atoms with Crippen molar-refractivity contribution in [1.29, 1.82) is 0 Å². The summed E-state index contributed by atoms with van der Waals surface area (Å²) in [6.07, 6.45) is 0.701. The summed E-state index contributed by atoms with van der Waals surface area (Å²) in [5.41, 5.74) is 5.74. The summed E-state index contributed by atoms with van der Waals surface area (Å²) in [5.74, 6) is -0.738. The van der Waals surface area contributed by atoms with Gasteiger partial charge in [0.15, 0.2) is 0 Å². The molecular weight excluding hydrogens is 244 g/mol. The van der Waals surface area contributed by atoms with E-state index in [0.29, 0.717) is 13.0 Å². The minimum absolute atomic E-state index is 0.0202. The summed E-state index contributed by atoms with van der Waals surface area (Å²) >= 11 is 0. The number of carbonyl (C=O) groups is 2. The molecule has 0 radical (unpaired) electrons. The van der Waals surface area contributed by atoms with Crippen molar-refractivity contribution in [3.05, 3.63) is 0 Å². The lowest BCUT2D eigenvalue weighted by atomic mass is 9.84.